The smallest absolute Gasteiger partial charge is 0.319 e. The quantitative estimate of drug-likeness (QED) is 0.420. The molecule has 0 bridgehead atoms. The zero-order chi connectivity index (χ0) is 12.5. The van der Waals surface area contributed by atoms with Gasteiger partial charge in [-0.3, -0.25) is 9.59 Å². The number of Topliss-reactive ketones (excluding diaryl/α,β-unsaturated/α-hetero) is 1. The second-order valence-corrected chi connectivity index (χ2v) is 5.23. The van der Waals surface area contributed by atoms with Gasteiger partial charge >= 0.3 is 5.97 Å². The Morgan fingerprint density at radius 3 is 2.76 bits per heavy atom. The molecule has 1 saturated carbocycles. The van der Waals surface area contributed by atoms with Crippen LogP contribution >= 0.6 is 0 Å². The van der Waals surface area contributed by atoms with Crippen LogP contribution in [-0.2, 0) is 14.3 Å². The largest absolute Gasteiger partial charge is 0.468 e. The molecule has 3 nitrogen and oxygen atoms in total. The molecule has 2 rings (SSSR count). The summed E-state index contributed by atoms with van der Waals surface area (Å²) < 4.78 is 4.84. The Kier molecular flexibility index (Phi) is 3.36. The van der Waals surface area contributed by atoms with E-state index in [0.717, 1.165) is 19.3 Å². The van der Waals surface area contributed by atoms with Crippen molar-refractivity contribution in [2.75, 3.05) is 7.11 Å². The van der Waals surface area contributed by atoms with Gasteiger partial charge in [0.15, 0.2) is 5.78 Å². The molecule has 1 fully saturated rings. The van der Waals surface area contributed by atoms with Crippen LogP contribution in [0.15, 0.2) is 11.6 Å². The van der Waals surface area contributed by atoms with Crippen molar-refractivity contribution in [1.82, 2.24) is 0 Å². The van der Waals surface area contributed by atoms with Gasteiger partial charge in [-0.05, 0) is 39.0 Å². The fourth-order valence-electron chi connectivity index (χ4n) is 3.22. The van der Waals surface area contributed by atoms with Gasteiger partial charge in [-0.15, -0.1) is 0 Å². The van der Waals surface area contributed by atoms with Crippen molar-refractivity contribution in [1.29, 1.82) is 0 Å². The molecule has 2 unspecified atom stereocenters. The molecule has 0 spiro atoms. The van der Waals surface area contributed by atoms with Crippen molar-refractivity contribution in [3.8, 4) is 0 Å². The van der Waals surface area contributed by atoms with Crippen LogP contribution in [0.2, 0.25) is 0 Å². The maximum atomic E-state index is 12.0. The van der Waals surface area contributed by atoms with E-state index >= 15 is 0 Å². The van der Waals surface area contributed by atoms with E-state index in [1.165, 1.54) is 25.5 Å². The zero-order valence-electron chi connectivity index (χ0n) is 10.6. The molecule has 0 heterocycles. The van der Waals surface area contributed by atoms with Crippen molar-refractivity contribution in [2.24, 2.45) is 11.3 Å². The number of carbonyl (C=O) groups excluding carboxylic acids is 2. The summed E-state index contributed by atoms with van der Waals surface area (Å²) in [6.07, 6.45) is 8.05. The first-order valence-corrected chi connectivity index (χ1v) is 6.41. The van der Waals surface area contributed by atoms with E-state index in [9.17, 15) is 9.59 Å². The molecule has 0 aromatic carbocycles. The summed E-state index contributed by atoms with van der Waals surface area (Å²) >= 11 is 0. The number of carbonyl (C=O) groups is 2. The Hall–Kier alpha value is -1.12. The molecule has 2 atom stereocenters. The third-order valence-electron chi connectivity index (χ3n) is 4.32. The number of hydrogen-bond acceptors (Lipinski definition) is 3. The van der Waals surface area contributed by atoms with Crippen LogP contribution in [0.5, 0.6) is 0 Å². The van der Waals surface area contributed by atoms with Gasteiger partial charge in [-0.1, -0.05) is 11.6 Å². The molecule has 0 radical (unpaired) electrons. The summed E-state index contributed by atoms with van der Waals surface area (Å²) in [5, 5.41) is 0. The topological polar surface area (TPSA) is 43.4 Å². The minimum Gasteiger partial charge on any atom is -0.468 e. The molecular formula is C14H20O3. The average molecular weight is 236 g/mol. The summed E-state index contributed by atoms with van der Waals surface area (Å²) in [6.45, 7) is 1.76. The highest BCUT2D eigenvalue weighted by Gasteiger charge is 2.53. The van der Waals surface area contributed by atoms with Crippen molar-refractivity contribution in [3.05, 3.63) is 11.6 Å². The lowest BCUT2D eigenvalue weighted by molar-refractivity contribution is -0.157. The Morgan fingerprint density at radius 2 is 2.18 bits per heavy atom. The molecule has 0 N–H and O–H groups in total. The number of methoxy groups -OCH3 is 1. The second kappa shape index (κ2) is 4.63. The maximum absolute atomic E-state index is 12.0. The summed E-state index contributed by atoms with van der Waals surface area (Å²) in [4.78, 5) is 24.0. The summed E-state index contributed by atoms with van der Waals surface area (Å²) in [7, 11) is 1.37. The lowest BCUT2D eigenvalue weighted by Crippen LogP contribution is -2.39. The molecule has 0 saturated heterocycles. The van der Waals surface area contributed by atoms with Gasteiger partial charge in [0.2, 0.25) is 0 Å². The lowest BCUT2D eigenvalue weighted by Gasteiger charge is -2.30. The van der Waals surface area contributed by atoms with Crippen LogP contribution in [-0.4, -0.2) is 18.9 Å². The lowest BCUT2D eigenvalue weighted by atomic mass is 9.72. The number of rotatable bonds is 2. The molecule has 0 aromatic heterocycles. The summed E-state index contributed by atoms with van der Waals surface area (Å²) in [5.41, 5.74) is 0.368. The number of esters is 1. The molecule has 0 aliphatic heterocycles. The minimum absolute atomic E-state index is 0.0424. The normalized spacial score (nSPS) is 33.4. The molecular weight excluding hydrogens is 216 g/mol. The monoisotopic (exact) mass is 236 g/mol. The SMILES string of the molecule is COC(=O)C1(C)C(=O)CCC1C1=CCCCC1. The predicted molar refractivity (Wildman–Crippen MR) is 64.4 cm³/mol. The first-order chi connectivity index (χ1) is 8.10. The van der Waals surface area contributed by atoms with E-state index < -0.39 is 5.41 Å². The molecule has 2 aliphatic carbocycles. The van der Waals surface area contributed by atoms with Gasteiger partial charge in [-0.2, -0.15) is 0 Å². The number of ketones is 1. The summed E-state index contributed by atoms with van der Waals surface area (Å²) in [6, 6.07) is 0. The van der Waals surface area contributed by atoms with E-state index in [2.05, 4.69) is 6.08 Å². The Labute approximate surface area is 102 Å². The average Bonchev–Trinajstić information content (AvgIpc) is 2.67. The molecule has 0 amide bonds. The van der Waals surface area contributed by atoms with Gasteiger partial charge in [0, 0.05) is 12.3 Å². The van der Waals surface area contributed by atoms with Crippen molar-refractivity contribution < 1.29 is 14.3 Å². The van der Waals surface area contributed by atoms with Crippen LogP contribution in [0.1, 0.15) is 45.4 Å². The van der Waals surface area contributed by atoms with E-state index in [1.54, 1.807) is 6.92 Å². The fraction of sp³-hybridized carbons (Fsp3) is 0.714. The Morgan fingerprint density at radius 1 is 1.41 bits per heavy atom. The van der Waals surface area contributed by atoms with E-state index in [1.807, 2.05) is 0 Å². The number of hydrogen-bond donors (Lipinski definition) is 0. The van der Waals surface area contributed by atoms with Crippen molar-refractivity contribution in [2.45, 2.75) is 45.4 Å². The van der Waals surface area contributed by atoms with Gasteiger partial charge in [-0.25, -0.2) is 0 Å². The van der Waals surface area contributed by atoms with Crippen molar-refractivity contribution in [3.63, 3.8) is 0 Å². The van der Waals surface area contributed by atoms with E-state index in [4.69, 9.17) is 4.74 Å². The standard InChI is InChI=1S/C14H20O3/c1-14(13(16)17-2)11(8-9-12(14)15)10-6-4-3-5-7-10/h6,11H,3-5,7-9H2,1-2H3. The van der Waals surface area contributed by atoms with Gasteiger partial charge in [0.05, 0.1) is 7.11 Å². The van der Waals surface area contributed by atoms with Crippen LogP contribution in [0.25, 0.3) is 0 Å². The van der Waals surface area contributed by atoms with Crippen molar-refractivity contribution >= 4 is 11.8 Å². The van der Waals surface area contributed by atoms with Crippen LogP contribution in [0.3, 0.4) is 0 Å². The predicted octanol–water partition coefficient (Wildman–Crippen LogP) is 2.65. The molecule has 3 heteroatoms. The number of ether oxygens (including phenoxy) is 1. The fourth-order valence-corrected chi connectivity index (χ4v) is 3.22. The third-order valence-corrected chi connectivity index (χ3v) is 4.32. The number of allylic oxidation sites excluding steroid dienone is 2. The molecule has 0 aromatic rings. The van der Waals surface area contributed by atoms with E-state index in [0.29, 0.717) is 6.42 Å². The summed E-state index contributed by atoms with van der Waals surface area (Å²) in [5.74, 6) is -0.250. The molecule has 2 aliphatic rings. The zero-order valence-corrected chi connectivity index (χ0v) is 10.6. The van der Waals surface area contributed by atoms with E-state index in [-0.39, 0.29) is 17.7 Å². The van der Waals surface area contributed by atoms with Crippen LogP contribution in [0.4, 0.5) is 0 Å². The highest BCUT2D eigenvalue weighted by atomic mass is 16.5. The van der Waals surface area contributed by atoms with Gasteiger partial charge < -0.3 is 4.74 Å². The highest BCUT2D eigenvalue weighted by Crippen LogP contribution is 2.47. The highest BCUT2D eigenvalue weighted by molar-refractivity contribution is 6.05. The van der Waals surface area contributed by atoms with Gasteiger partial charge in [0.25, 0.3) is 0 Å². The van der Waals surface area contributed by atoms with Crippen LogP contribution in [0, 0.1) is 11.3 Å². The first-order valence-electron chi connectivity index (χ1n) is 6.41. The Balaban J connectivity index is 2.30. The van der Waals surface area contributed by atoms with Gasteiger partial charge in [0.1, 0.15) is 5.41 Å². The third kappa shape index (κ3) is 1.92. The Bertz CT molecular complexity index is 370. The first kappa shape index (κ1) is 12.3. The molecule has 94 valence electrons. The van der Waals surface area contributed by atoms with Crippen LogP contribution < -0.4 is 0 Å². The minimum atomic E-state index is -0.933. The maximum Gasteiger partial charge on any atom is 0.319 e. The second-order valence-electron chi connectivity index (χ2n) is 5.23. The molecule has 17 heavy (non-hydrogen) atoms.